The van der Waals surface area contributed by atoms with E-state index in [1.807, 2.05) is 13.8 Å². The van der Waals surface area contributed by atoms with Gasteiger partial charge in [-0.15, -0.1) is 4.89 Å². The van der Waals surface area contributed by atoms with Gasteiger partial charge in [-0.05, 0) is 85.5 Å². The third-order valence-electron chi connectivity index (χ3n) is 17.3. The van der Waals surface area contributed by atoms with Crippen molar-refractivity contribution in [3.05, 3.63) is 77.9 Å². The maximum Gasteiger partial charge on any atom is 0.696 e. The lowest BCUT2D eigenvalue weighted by molar-refractivity contribution is -0.147. The number of amides is 12. The van der Waals surface area contributed by atoms with Crippen molar-refractivity contribution >= 4 is 79.2 Å². The molecular formula is C66H101N11O17P+. The summed E-state index contributed by atoms with van der Waals surface area (Å²) < 4.78 is 28.5. The van der Waals surface area contributed by atoms with E-state index in [1.54, 1.807) is 103 Å². The number of unbranched alkanes of at least 4 members (excludes halogenated alkanes) is 2. The average molecular weight is 1350 g/mol. The molecule has 4 rings (SSSR count). The number of hydrogen-bond acceptors (Lipinski definition) is 16. The molecule has 1 saturated heterocycles. The first-order valence-electron chi connectivity index (χ1n) is 32.6. The minimum absolute atomic E-state index is 0.0746. The van der Waals surface area contributed by atoms with Gasteiger partial charge in [0.15, 0.2) is 6.23 Å². The van der Waals surface area contributed by atoms with E-state index in [0.29, 0.717) is 49.8 Å². The van der Waals surface area contributed by atoms with E-state index in [-0.39, 0.29) is 87.9 Å². The van der Waals surface area contributed by atoms with Crippen molar-refractivity contribution < 1.29 is 81.3 Å². The van der Waals surface area contributed by atoms with Gasteiger partial charge in [0.1, 0.15) is 30.8 Å². The third-order valence-corrected chi connectivity index (χ3v) is 17.7. The van der Waals surface area contributed by atoms with Gasteiger partial charge in [-0.3, -0.25) is 53.0 Å². The van der Waals surface area contributed by atoms with E-state index in [4.69, 9.17) is 19.7 Å². The second kappa shape index (κ2) is 39.2. The third kappa shape index (κ3) is 24.7. The molecule has 2 aliphatic heterocycles. The van der Waals surface area contributed by atoms with Crippen LogP contribution in [0.4, 0.5) is 15.3 Å². The van der Waals surface area contributed by atoms with E-state index >= 15 is 0 Å². The summed E-state index contributed by atoms with van der Waals surface area (Å²) in [5, 5.41) is 27.9. The van der Waals surface area contributed by atoms with Gasteiger partial charge in [0, 0.05) is 76.1 Å². The van der Waals surface area contributed by atoms with Crippen LogP contribution < -0.4 is 37.6 Å². The summed E-state index contributed by atoms with van der Waals surface area (Å²) in [4.78, 5) is 161. The van der Waals surface area contributed by atoms with Crippen LogP contribution in [0.25, 0.3) is 0 Å². The molecule has 2 aromatic carbocycles. The highest BCUT2D eigenvalue weighted by molar-refractivity contribution is 7.32. The number of methoxy groups -OCH3 is 1. The minimum Gasteiger partial charge on any atom is -0.445 e. The second-order valence-corrected chi connectivity index (χ2v) is 26.1. The number of anilines is 1. The van der Waals surface area contributed by atoms with Crippen LogP contribution >= 0.6 is 8.25 Å². The lowest BCUT2D eigenvalue weighted by Crippen LogP contribution is -2.60. The molecule has 28 nitrogen and oxygen atoms in total. The van der Waals surface area contributed by atoms with Crippen LogP contribution in [-0.4, -0.2) is 190 Å². The number of primary amides is 1. The molecule has 2 heterocycles. The zero-order valence-corrected chi connectivity index (χ0v) is 57.8. The number of hydrogen-bond donors (Lipinski definition) is 9. The topological polar surface area (TPSA) is 384 Å². The van der Waals surface area contributed by atoms with Crippen molar-refractivity contribution in [3.8, 4) is 0 Å². The highest BCUT2D eigenvalue weighted by Crippen LogP contribution is 2.30. The number of carbonyl (C=O) groups excluding carboxylic acids is 11. The van der Waals surface area contributed by atoms with Gasteiger partial charge in [0.25, 0.3) is 11.8 Å². The molecule has 0 bridgehead atoms. The van der Waals surface area contributed by atoms with E-state index in [2.05, 4.69) is 31.9 Å². The predicted molar refractivity (Wildman–Crippen MR) is 353 cm³/mol. The van der Waals surface area contributed by atoms with Gasteiger partial charge in [0.2, 0.25) is 41.4 Å². The summed E-state index contributed by atoms with van der Waals surface area (Å²) in [5.74, 6) is -7.09. The Kier molecular flexibility index (Phi) is 32.8. The van der Waals surface area contributed by atoms with Crippen molar-refractivity contribution in [3.63, 3.8) is 0 Å². The Morgan fingerprint density at radius 3 is 1.97 bits per heavy atom. The highest BCUT2D eigenvalue weighted by atomic mass is 31.1. The standard InChI is InChI=1S/C66H100N11O17P/c1-13-42(8)58(49(92-12)37-54(81)76-35-21-25-48(76)59(82)43(9)60(83)72-51(94-95(90)91)36-44-22-16-14-17-23-44)74(10)64(87)56(40(4)5)73-63(86)57(41(6)7)75(11)66(89)93-38-45-27-29-46(30-28-45)69-61(84)47(24-20-33-68-65(67)88)70-62(85)55(39(2)3)71-50(78)26-18-15-19-34-77-52(79)31-32-53(77)80/h14,16-17,22-23,27-32,39-43,47-49,51,55-59,82H,13,15,18-21,24-26,33-38H2,1-12H3,(H8-,67,68,69,70,71,72,73,78,83,84,85,86,88,90,91)/p+1/t42?,43-,47-,48-,49+,51?,55-,56-,57-,58-,59?/m0/s1. The number of likely N-dealkylation sites (N-methyl/N-ethyl adjacent to an activating group) is 2. The number of ether oxygens (including phenoxy) is 2. The summed E-state index contributed by atoms with van der Waals surface area (Å²) in [7, 11) is 1.36. The van der Waals surface area contributed by atoms with Crippen LogP contribution in [0.2, 0.25) is 0 Å². The van der Waals surface area contributed by atoms with Gasteiger partial charge >= 0.3 is 20.4 Å². The summed E-state index contributed by atoms with van der Waals surface area (Å²) >= 11 is 0. The molecule has 10 N–H and O–H groups in total. The van der Waals surface area contributed by atoms with Crippen LogP contribution in [0.1, 0.15) is 138 Å². The molecule has 0 spiro atoms. The molecule has 0 radical (unpaired) electrons. The fourth-order valence-electron chi connectivity index (χ4n) is 11.7. The van der Waals surface area contributed by atoms with Crippen LogP contribution in [0.5, 0.6) is 0 Å². The zero-order chi connectivity index (χ0) is 70.8. The SMILES string of the molecule is CCC(C)[C@@H]([C@@H](CC(=O)N1CCC[C@H]1C(O)[C@H](C)C(=O)NC(Cc1ccccc1)O[P+](=O)O)OC)N(C)C(=O)[C@@H](NC(=O)[C@H](C(C)C)N(C)C(=O)OCc1ccc(NC(=O)[C@H](CCCNC(N)=O)NC(=O)[C@@H](NC(=O)CCCCCN2C(=O)C=CC2=O)C(C)C)cc1)C(C)C. The van der Waals surface area contributed by atoms with Crippen LogP contribution in [0.3, 0.4) is 0 Å². The maximum atomic E-state index is 14.8. The van der Waals surface area contributed by atoms with Gasteiger partial charge in [-0.1, -0.05) is 122 Å². The number of carbonyl (C=O) groups is 11. The number of aliphatic hydroxyl groups excluding tert-OH is 1. The molecule has 0 saturated carbocycles. The van der Waals surface area contributed by atoms with Crippen molar-refractivity contribution in [2.75, 3.05) is 46.2 Å². The molecule has 12 atom stereocenters. The predicted octanol–water partition coefficient (Wildman–Crippen LogP) is 4.54. The first kappa shape index (κ1) is 79.5. The lowest BCUT2D eigenvalue weighted by Gasteiger charge is -2.41. The van der Waals surface area contributed by atoms with Gasteiger partial charge in [0.05, 0.1) is 36.6 Å². The Hall–Kier alpha value is -7.91. The Morgan fingerprint density at radius 1 is 0.747 bits per heavy atom. The molecule has 12 amide bonds. The Labute approximate surface area is 558 Å². The number of nitrogens with one attached hydrogen (secondary N) is 6. The summed E-state index contributed by atoms with van der Waals surface area (Å²) in [6, 6.07) is 8.65. The van der Waals surface area contributed by atoms with E-state index in [9.17, 15) is 67.3 Å². The lowest BCUT2D eigenvalue weighted by atomic mass is 9.89. The molecular weight excluding hydrogens is 1250 g/mol. The molecule has 2 aromatic rings. The smallest absolute Gasteiger partial charge is 0.445 e. The van der Waals surface area contributed by atoms with E-state index in [0.717, 1.165) is 15.4 Å². The average Bonchev–Trinajstić information content (AvgIpc) is 1.80. The maximum absolute atomic E-state index is 14.8. The molecule has 1 fully saturated rings. The van der Waals surface area contributed by atoms with Crippen molar-refractivity contribution in [2.24, 2.45) is 35.3 Å². The number of likely N-dealkylation sites (tertiary alicyclic amines) is 1. The number of nitrogens with zero attached hydrogens (tertiary/aromatic N) is 4. The number of aliphatic hydroxyl groups is 1. The van der Waals surface area contributed by atoms with Crippen molar-refractivity contribution in [1.29, 1.82) is 0 Å². The molecule has 0 aliphatic carbocycles. The second-order valence-electron chi connectivity index (χ2n) is 25.4. The largest absolute Gasteiger partial charge is 0.696 e. The molecule has 4 unspecified atom stereocenters. The molecule has 0 aromatic heterocycles. The van der Waals surface area contributed by atoms with Gasteiger partial charge < -0.3 is 62.0 Å². The number of imide groups is 1. The normalized spacial score (nSPS) is 17.1. The fourth-order valence-corrected chi connectivity index (χ4v) is 12.0. The Morgan fingerprint density at radius 2 is 1.39 bits per heavy atom. The molecule has 95 heavy (non-hydrogen) atoms. The van der Waals surface area contributed by atoms with Crippen LogP contribution in [-0.2, 0) is 74.7 Å². The molecule has 2 aliphatic rings. The monoisotopic (exact) mass is 1350 g/mol. The number of rotatable bonds is 39. The van der Waals surface area contributed by atoms with E-state index in [1.165, 1.54) is 43.0 Å². The first-order chi connectivity index (χ1) is 44.9. The zero-order valence-electron chi connectivity index (χ0n) is 56.9. The quantitative estimate of drug-likeness (QED) is 0.0192. The van der Waals surface area contributed by atoms with Crippen LogP contribution in [0.15, 0.2) is 66.7 Å². The minimum atomic E-state index is -3.08. The van der Waals surface area contributed by atoms with Crippen molar-refractivity contribution in [1.82, 2.24) is 46.2 Å². The van der Waals surface area contributed by atoms with E-state index < -0.39 is 128 Å². The number of urea groups is 1. The molecule has 526 valence electrons. The summed E-state index contributed by atoms with van der Waals surface area (Å²) in [5.41, 5.74) is 6.80. The Balaban J connectivity index is 1.37. The summed E-state index contributed by atoms with van der Waals surface area (Å²) in [6.45, 7) is 16.2. The summed E-state index contributed by atoms with van der Waals surface area (Å²) in [6.07, 6.45) is 1.48. The van der Waals surface area contributed by atoms with Crippen LogP contribution in [0, 0.1) is 29.6 Å². The number of nitrogens with two attached hydrogens (primary N) is 1. The Bertz CT molecular complexity index is 2960. The van der Waals surface area contributed by atoms with Gasteiger partial charge in [-0.2, -0.15) is 0 Å². The fraction of sp³-hybridized carbons (Fsp3) is 0.621. The van der Waals surface area contributed by atoms with Crippen molar-refractivity contribution in [2.45, 2.75) is 194 Å². The highest BCUT2D eigenvalue weighted by Gasteiger charge is 2.44. The first-order valence-corrected chi connectivity index (χ1v) is 33.7. The molecule has 29 heteroatoms. The van der Waals surface area contributed by atoms with Gasteiger partial charge in [-0.25, -0.2) is 9.59 Å². The number of benzene rings is 2.